The average molecular weight is 220 g/mol. The molecule has 0 saturated heterocycles. The maximum atomic E-state index is 10.9. The second-order valence-corrected chi connectivity index (χ2v) is 3.78. The van der Waals surface area contributed by atoms with Crippen molar-refractivity contribution in [2.75, 3.05) is 29.9 Å². The van der Waals surface area contributed by atoms with Crippen LogP contribution in [0.15, 0.2) is 24.3 Å². The predicted molar refractivity (Wildman–Crippen MR) is 69.2 cm³/mol. The summed E-state index contributed by atoms with van der Waals surface area (Å²) in [6.07, 6.45) is 0. The van der Waals surface area contributed by atoms with Crippen LogP contribution in [0.4, 0.5) is 11.4 Å². The zero-order valence-electron chi connectivity index (χ0n) is 10.3. The Morgan fingerprint density at radius 2 is 2.00 bits per heavy atom. The summed E-state index contributed by atoms with van der Waals surface area (Å²) in [4.78, 5) is 13.2. The van der Waals surface area contributed by atoms with Crippen LogP contribution in [0.25, 0.3) is 0 Å². The van der Waals surface area contributed by atoms with Gasteiger partial charge in [-0.3, -0.25) is 4.79 Å². The molecule has 3 nitrogen and oxygen atoms in total. The molecule has 0 radical (unpaired) electrons. The molecule has 0 bridgehead atoms. The SMILES string of the molecule is CCN(CC)c1cccc(NCC(C)=O)c1. The highest BCUT2D eigenvalue weighted by Gasteiger charge is 2.02. The van der Waals surface area contributed by atoms with Gasteiger partial charge < -0.3 is 10.2 Å². The minimum atomic E-state index is 0.147. The van der Waals surface area contributed by atoms with Gasteiger partial charge >= 0.3 is 0 Å². The molecule has 0 amide bonds. The molecule has 0 aromatic heterocycles. The zero-order valence-corrected chi connectivity index (χ0v) is 10.3. The standard InChI is InChI=1S/C13H20N2O/c1-4-15(5-2)13-8-6-7-12(9-13)14-10-11(3)16/h6-9,14H,4-5,10H2,1-3H3. The maximum Gasteiger partial charge on any atom is 0.148 e. The molecule has 3 heteroatoms. The molecule has 1 N–H and O–H groups in total. The predicted octanol–water partition coefficient (Wildman–Crippen LogP) is 2.53. The number of rotatable bonds is 6. The minimum absolute atomic E-state index is 0.147. The van der Waals surface area contributed by atoms with Crippen molar-refractivity contribution in [1.29, 1.82) is 0 Å². The van der Waals surface area contributed by atoms with E-state index < -0.39 is 0 Å². The highest BCUT2D eigenvalue weighted by atomic mass is 16.1. The van der Waals surface area contributed by atoms with Crippen LogP contribution >= 0.6 is 0 Å². The molecule has 0 aliphatic carbocycles. The summed E-state index contributed by atoms with van der Waals surface area (Å²) < 4.78 is 0. The van der Waals surface area contributed by atoms with Crippen LogP contribution in [0.2, 0.25) is 0 Å². The normalized spacial score (nSPS) is 9.94. The monoisotopic (exact) mass is 220 g/mol. The van der Waals surface area contributed by atoms with Crippen molar-refractivity contribution in [3.05, 3.63) is 24.3 Å². The smallest absolute Gasteiger partial charge is 0.148 e. The number of ketones is 1. The lowest BCUT2D eigenvalue weighted by Crippen LogP contribution is -2.21. The van der Waals surface area contributed by atoms with Crippen LogP contribution < -0.4 is 10.2 Å². The molecular weight excluding hydrogens is 200 g/mol. The molecule has 0 fully saturated rings. The summed E-state index contributed by atoms with van der Waals surface area (Å²) in [6, 6.07) is 8.16. The third kappa shape index (κ3) is 3.57. The van der Waals surface area contributed by atoms with Gasteiger partial charge in [-0.15, -0.1) is 0 Å². The van der Waals surface area contributed by atoms with E-state index >= 15 is 0 Å². The topological polar surface area (TPSA) is 32.3 Å². The first-order valence-corrected chi connectivity index (χ1v) is 5.75. The number of benzene rings is 1. The molecule has 0 saturated carbocycles. The molecule has 1 aromatic carbocycles. The second-order valence-electron chi connectivity index (χ2n) is 3.78. The quantitative estimate of drug-likeness (QED) is 0.799. The first-order valence-electron chi connectivity index (χ1n) is 5.75. The fraction of sp³-hybridized carbons (Fsp3) is 0.462. The van der Waals surface area contributed by atoms with E-state index in [1.165, 1.54) is 5.69 Å². The molecule has 0 heterocycles. The second kappa shape index (κ2) is 6.16. The van der Waals surface area contributed by atoms with E-state index in [1.54, 1.807) is 6.92 Å². The summed E-state index contributed by atoms with van der Waals surface area (Å²) in [5.74, 6) is 0.147. The molecule has 88 valence electrons. The number of nitrogens with one attached hydrogen (secondary N) is 1. The number of anilines is 2. The number of hydrogen-bond acceptors (Lipinski definition) is 3. The Balaban J connectivity index is 2.73. The zero-order chi connectivity index (χ0) is 12.0. The fourth-order valence-electron chi connectivity index (χ4n) is 1.63. The van der Waals surface area contributed by atoms with Gasteiger partial charge in [0.1, 0.15) is 5.78 Å². The van der Waals surface area contributed by atoms with Crippen LogP contribution in [0.1, 0.15) is 20.8 Å². The van der Waals surface area contributed by atoms with Gasteiger partial charge in [-0.05, 0) is 39.0 Å². The van der Waals surface area contributed by atoms with E-state index in [9.17, 15) is 4.79 Å². The van der Waals surface area contributed by atoms with Gasteiger partial charge in [-0.1, -0.05) is 6.07 Å². The average Bonchev–Trinajstić information content (AvgIpc) is 2.29. The number of Topliss-reactive ketones (excluding diaryl/α,β-unsaturated/α-hetero) is 1. The molecular formula is C13H20N2O. The number of carbonyl (C=O) groups excluding carboxylic acids is 1. The van der Waals surface area contributed by atoms with E-state index in [-0.39, 0.29) is 5.78 Å². The van der Waals surface area contributed by atoms with Crippen LogP contribution in [-0.2, 0) is 4.79 Å². The number of nitrogens with zero attached hydrogens (tertiary/aromatic N) is 1. The van der Waals surface area contributed by atoms with E-state index in [2.05, 4.69) is 36.2 Å². The largest absolute Gasteiger partial charge is 0.378 e. The summed E-state index contributed by atoms with van der Waals surface area (Å²) in [5, 5.41) is 3.11. The van der Waals surface area contributed by atoms with Crippen molar-refractivity contribution in [1.82, 2.24) is 0 Å². The van der Waals surface area contributed by atoms with Gasteiger partial charge in [0.2, 0.25) is 0 Å². The van der Waals surface area contributed by atoms with E-state index in [0.29, 0.717) is 6.54 Å². The molecule has 0 aliphatic rings. The Labute approximate surface area is 97.5 Å². The van der Waals surface area contributed by atoms with E-state index in [0.717, 1.165) is 18.8 Å². The van der Waals surface area contributed by atoms with Crippen LogP contribution in [0, 0.1) is 0 Å². The summed E-state index contributed by atoms with van der Waals surface area (Å²) in [5.41, 5.74) is 2.19. The molecule has 16 heavy (non-hydrogen) atoms. The van der Waals surface area contributed by atoms with Crippen molar-refractivity contribution in [3.63, 3.8) is 0 Å². The van der Waals surface area contributed by atoms with Gasteiger partial charge in [0.15, 0.2) is 0 Å². The lowest BCUT2D eigenvalue weighted by molar-refractivity contribution is -0.115. The van der Waals surface area contributed by atoms with Gasteiger partial charge in [0.05, 0.1) is 6.54 Å². The van der Waals surface area contributed by atoms with Gasteiger partial charge in [0, 0.05) is 24.5 Å². The molecule has 1 rings (SSSR count). The molecule has 0 aliphatic heterocycles. The van der Waals surface area contributed by atoms with Crippen molar-refractivity contribution in [2.45, 2.75) is 20.8 Å². The highest BCUT2D eigenvalue weighted by molar-refractivity contribution is 5.80. The highest BCUT2D eigenvalue weighted by Crippen LogP contribution is 2.18. The molecule has 0 unspecified atom stereocenters. The molecule has 1 aromatic rings. The lowest BCUT2D eigenvalue weighted by Gasteiger charge is -2.21. The first-order chi connectivity index (χ1) is 7.67. The first kappa shape index (κ1) is 12.6. The Bertz CT molecular complexity index is 346. The van der Waals surface area contributed by atoms with Crippen molar-refractivity contribution >= 4 is 17.2 Å². The van der Waals surface area contributed by atoms with Crippen molar-refractivity contribution in [3.8, 4) is 0 Å². The van der Waals surface area contributed by atoms with E-state index in [1.807, 2.05) is 12.1 Å². The lowest BCUT2D eigenvalue weighted by atomic mass is 10.2. The summed E-state index contributed by atoms with van der Waals surface area (Å²) in [6.45, 7) is 8.24. The molecule has 0 atom stereocenters. The van der Waals surface area contributed by atoms with Gasteiger partial charge in [-0.2, -0.15) is 0 Å². The maximum absolute atomic E-state index is 10.9. The third-order valence-electron chi connectivity index (χ3n) is 2.52. The van der Waals surface area contributed by atoms with Gasteiger partial charge in [0.25, 0.3) is 0 Å². The summed E-state index contributed by atoms with van der Waals surface area (Å²) in [7, 11) is 0. The number of hydrogen-bond donors (Lipinski definition) is 1. The van der Waals surface area contributed by atoms with E-state index in [4.69, 9.17) is 0 Å². The van der Waals surface area contributed by atoms with Gasteiger partial charge in [-0.25, -0.2) is 0 Å². The van der Waals surface area contributed by atoms with Crippen LogP contribution in [-0.4, -0.2) is 25.4 Å². The van der Waals surface area contributed by atoms with Crippen molar-refractivity contribution < 1.29 is 4.79 Å². The Morgan fingerprint density at radius 1 is 1.31 bits per heavy atom. The molecule has 0 spiro atoms. The minimum Gasteiger partial charge on any atom is -0.378 e. The van der Waals surface area contributed by atoms with Crippen LogP contribution in [0.3, 0.4) is 0 Å². The van der Waals surface area contributed by atoms with Crippen LogP contribution in [0.5, 0.6) is 0 Å². The third-order valence-corrected chi connectivity index (χ3v) is 2.52. The Morgan fingerprint density at radius 3 is 2.56 bits per heavy atom. The van der Waals surface area contributed by atoms with Crippen molar-refractivity contribution in [2.24, 2.45) is 0 Å². The Kier molecular flexibility index (Phi) is 4.83. The summed E-state index contributed by atoms with van der Waals surface area (Å²) >= 11 is 0. The number of carbonyl (C=O) groups is 1. The Hall–Kier alpha value is -1.51. The fourth-order valence-corrected chi connectivity index (χ4v) is 1.63.